The van der Waals surface area contributed by atoms with E-state index in [1.54, 1.807) is 44.2 Å². The number of esters is 1. The van der Waals surface area contributed by atoms with E-state index in [0.29, 0.717) is 5.56 Å². The molecule has 0 aromatic heterocycles. The molecule has 0 aliphatic rings. The van der Waals surface area contributed by atoms with E-state index in [-0.39, 0.29) is 23.0 Å². The van der Waals surface area contributed by atoms with Crippen LogP contribution in [0, 0.1) is 16.0 Å². The van der Waals surface area contributed by atoms with Crippen molar-refractivity contribution in [2.45, 2.75) is 32.9 Å². The predicted molar refractivity (Wildman–Crippen MR) is 116 cm³/mol. The highest BCUT2D eigenvalue weighted by atomic mass is 16.6. The minimum absolute atomic E-state index is 0.0681. The van der Waals surface area contributed by atoms with Crippen LogP contribution in [-0.2, 0) is 14.3 Å². The number of methoxy groups -OCH3 is 1. The van der Waals surface area contributed by atoms with Crippen LogP contribution in [0.2, 0.25) is 0 Å². The molecule has 2 atom stereocenters. The molecule has 0 saturated carbocycles. The molecule has 0 spiro atoms. The number of carbonyl (C=O) groups is 3. The molecule has 0 aliphatic carbocycles. The molecule has 0 heterocycles. The van der Waals surface area contributed by atoms with Gasteiger partial charge in [-0.15, -0.1) is 0 Å². The highest BCUT2D eigenvalue weighted by Gasteiger charge is 2.30. The van der Waals surface area contributed by atoms with Crippen molar-refractivity contribution in [1.29, 1.82) is 0 Å². The lowest BCUT2D eigenvalue weighted by Gasteiger charge is -2.23. The Kier molecular flexibility index (Phi) is 8.28. The largest absolute Gasteiger partial charge is 0.496 e. The van der Waals surface area contributed by atoms with E-state index in [1.807, 2.05) is 0 Å². The summed E-state index contributed by atoms with van der Waals surface area (Å²) >= 11 is 0. The van der Waals surface area contributed by atoms with Crippen molar-refractivity contribution in [3.63, 3.8) is 0 Å². The second kappa shape index (κ2) is 10.9. The molecule has 1 unspecified atom stereocenters. The van der Waals surface area contributed by atoms with Crippen molar-refractivity contribution in [2.75, 3.05) is 12.4 Å². The Morgan fingerprint density at radius 1 is 1.03 bits per heavy atom. The smallest absolute Gasteiger partial charge is 0.329 e. The van der Waals surface area contributed by atoms with Crippen LogP contribution in [0.4, 0.5) is 11.4 Å². The molecule has 2 rings (SSSR count). The molecule has 0 saturated heterocycles. The van der Waals surface area contributed by atoms with Crippen molar-refractivity contribution < 1.29 is 28.8 Å². The minimum atomic E-state index is -1.26. The topological polar surface area (TPSA) is 137 Å². The molecular formula is C22H25N3O7. The zero-order chi connectivity index (χ0) is 23.8. The van der Waals surface area contributed by atoms with Gasteiger partial charge in [0.15, 0.2) is 6.10 Å². The molecule has 2 amide bonds. The van der Waals surface area contributed by atoms with E-state index in [9.17, 15) is 24.5 Å². The Morgan fingerprint density at radius 3 is 2.25 bits per heavy atom. The fraction of sp³-hybridized carbons (Fsp3) is 0.318. The lowest BCUT2D eigenvalue weighted by atomic mass is 10.0. The fourth-order valence-electron chi connectivity index (χ4n) is 2.74. The van der Waals surface area contributed by atoms with Crippen molar-refractivity contribution in [2.24, 2.45) is 5.92 Å². The highest BCUT2D eigenvalue weighted by Crippen LogP contribution is 2.29. The maximum atomic E-state index is 12.6. The van der Waals surface area contributed by atoms with Crippen LogP contribution in [0.15, 0.2) is 48.5 Å². The van der Waals surface area contributed by atoms with E-state index in [1.165, 1.54) is 32.2 Å². The highest BCUT2D eigenvalue weighted by molar-refractivity contribution is 5.99. The van der Waals surface area contributed by atoms with Crippen molar-refractivity contribution in [1.82, 2.24) is 5.32 Å². The first-order valence-corrected chi connectivity index (χ1v) is 9.83. The molecule has 2 N–H and O–H groups in total. The number of ether oxygens (including phenoxy) is 2. The van der Waals surface area contributed by atoms with Gasteiger partial charge < -0.3 is 20.1 Å². The van der Waals surface area contributed by atoms with E-state index in [2.05, 4.69) is 10.6 Å². The Bertz CT molecular complexity index is 992. The van der Waals surface area contributed by atoms with E-state index >= 15 is 0 Å². The summed E-state index contributed by atoms with van der Waals surface area (Å²) in [6.45, 7) is 4.78. The number of hydrogen-bond acceptors (Lipinski definition) is 7. The van der Waals surface area contributed by atoms with Gasteiger partial charge in [0.25, 0.3) is 17.5 Å². The maximum absolute atomic E-state index is 12.6. The molecule has 170 valence electrons. The summed E-state index contributed by atoms with van der Waals surface area (Å²) in [6.07, 6.45) is -1.26. The molecular weight excluding hydrogens is 418 g/mol. The maximum Gasteiger partial charge on any atom is 0.329 e. The van der Waals surface area contributed by atoms with Gasteiger partial charge in [0.05, 0.1) is 18.1 Å². The third-order valence-corrected chi connectivity index (χ3v) is 4.56. The van der Waals surface area contributed by atoms with Gasteiger partial charge in [0.2, 0.25) is 0 Å². The van der Waals surface area contributed by atoms with Gasteiger partial charge in [-0.25, -0.2) is 4.79 Å². The lowest BCUT2D eigenvalue weighted by molar-refractivity contribution is -0.384. The first kappa shape index (κ1) is 24.3. The number of amides is 2. The first-order chi connectivity index (χ1) is 15.1. The van der Waals surface area contributed by atoms with Gasteiger partial charge in [0, 0.05) is 5.56 Å². The summed E-state index contributed by atoms with van der Waals surface area (Å²) in [7, 11) is 1.36. The van der Waals surface area contributed by atoms with Crippen molar-refractivity contribution >= 4 is 29.2 Å². The fourth-order valence-corrected chi connectivity index (χ4v) is 2.74. The van der Waals surface area contributed by atoms with Crippen LogP contribution in [0.1, 0.15) is 31.1 Å². The summed E-state index contributed by atoms with van der Waals surface area (Å²) < 4.78 is 10.2. The molecule has 2 aromatic rings. The number of nitro groups is 1. The Hall–Kier alpha value is -3.95. The third kappa shape index (κ3) is 6.27. The normalized spacial score (nSPS) is 12.4. The van der Waals surface area contributed by atoms with E-state index in [4.69, 9.17) is 9.47 Å². The first-order valence-electron chi connectivity index (χ1n) is 9.83. The molecule has 32 heavy (non-hydrogen) atoms. The molecule has 0 aliphatic heterocycles. The summed E-state index contributed by atoms with van der Waals surface area (Å²) in [6, 6.07) is 11.3. The van der Waals surface area contributed by atoms with Gasteiger partial charge in [-0.1, -0.05) is 32.0 Å². The quantitative estimate of drug-likeness (QED) is 0.345. The van der Waals surface area contributed by atoms with Crippen LogP contribution in [0.25, 0.3) is 0 Å². The van der Waals surface area contributed by atoms with Gasteiger partial charge in [-0.3, -0.25) is 19.7 Å². The van der Waals surface area contributed by atoms with Crippen LogP contribution < -0.4 is 15.4 Å². The van der Waals surface area contributed by atoms with Gasteiger partial charge in [-0.2, -0.15) is 0 Å². The van der Waals surface area contributed by atoms with Crippen LogP contribution in [-0.4, -0.2) is 42.0 Å². The summed E-state index contributed by atoms with van der Waals surface area (Å²) in [5, 5.41) is 16.3. The Labute approximate surface area is 185 Å². The average molecular weight is 443 g/mol. The number of nitrogens with zero attached hydrogens (tertiary/aromatic N) is 1. The summed E-state index contributed by atoms with van der Waals surface area (Å²) in [5.41, 5.74) is -0.0588. The second-order valence-corrected chi connectivity index (χ2v) is 7.27. The number of rotatable bonds is 9. The molecule has 0 fully saturated rings. The second-order valence-electron chi connectivity index (χ2n) is 7.27. The summed E-state index contributed by atoms with van der Waals surface area (Å²) in [4.78, 5) is 48.1. The van der Waals surface area contributed by atoms with Crippen molar-refractivity contribution in [3.05, 3.63) is 64.2 Å². The number of nitrogens with one attached hydrogen (secondary N) is 2. The number of anilines is 1. The van der Waals surface area contributed by atoms with Gasteiger partial charge in [-0.05, 0) is 37.1 Å². The number of carbonyl (C=O) groups excluding carboxylic acids is 3. The minimum Gasteiger partial charge on any atom is -0.496 e. The zero-order valence-corrected chi connectivity index (χ0v) is 18.2. The molecule has 0 bridgehead atoms. The van der Waals surface area contributed by atoms with Gasteiger partial charge in [0.1, 0.15) is 17.5 Å². The van der Waals surface area contributed by atoms with Gasteiger partial charge >= 0.3 is 5.97 Å². The zero-order valence-electron chi connectivity index (χ0n) is 18.2. The molecule has 0 radical (unpaired) electrons. The lowest BCUT2D eigenvalue weighted by Crippen LogP contribution is -2.47. The third-order valence-electron chi connectivity index (χ3n) is 4.56. The van der Waals surface area contributed by atoms with Crippen molar-refractivity contribution in [3.8, 4) is 5.75 Å². The number of benzene rings is 2. The SMILES string of the molecule is COc1ccc(NC(=O)C(C)OC(=O)[C@@H](NC(=O)c2ccccc2)C(C)C)c([N+](=O)[O-])c1. The van der Waals surface area contributed by atoms with Crippen LogP contribution in [0.3, 0.4) is 0 Å². The molecule has 10 nitrogen and oxygen atoms in total. The van der Waals surface area contributed by atoms with E-state index in [0.717, 1.165) is 0 Å². The van der Waals surface area contributed by atoms with Crippen LogP contribution >= 0.6 is 0 Å². The Morgan fingerprint density at radius 2 is 1.69 bits per heavy atom. The Balaban J connectivity index is 2.07. The van der Waals surface area contributed by atoms with Crippen LogP contribution in [0.5, 0.6) is 5.75 Å². The predicted octanol–water partition coefficient (Wildman–Crippen LogP) is 2.93. The number of hydrogen-bond donors (Lipinski definition) is 2. The average Bonchev–Trinajstić information content (AvgIpc) is 2.77. The standard InChI is InChI=1S/C22H25N3O7/c1-13(2)19(24-21(27)15-8-6-5-7-9-15)22(28)32-14(3)20(26)23-17-11-10-16(31-4)12-18(17)25(29)30/h5-14,19H,1-4H3,(H,23,26)(H,24,27)/t14?,19-/m0/s1. The molecule has 2 aromatic carbocycles. The number of nitro benzene ring substituents is 1. The van der Waals surface area contributed by atoms with E-state index < -0.39 is 34.9 Å². The summed E-state index contributed by atoms with van der Waals surface area (Å²) in [5.74, 6) is -2.07. The monoisotopic (exact) mass is 443 g/mol. The molecule has 10 heteroatoms.